The van der Waals surface area contributed by atoms with Crippen molar-refractivity contribution in [3.8, 4) is 0 Å². The Balaban J connectivity index is 1.91. The van der Waals surface area contributed by atoms with Crippen molar-refractivity contribution in [1.29, 1.82) is 0 Å². The minimum absolute atomic E-state index is 0.204. The summed E-state index contributed by atoms with van der Waals surface area (Å²) in [7, 11) is 0. The lowest BCUT2D eigenvalue weighted by atomic mass is 10.1. The number of carbonyl (C=O) groups excluding carboxylic acids is 1. The van der Waals surface area contributed by atoms with Crippen LogP contribution >= 0.6 is 11.8 Å². The minimum atomic E-state index is -0.436. The van der Waals surface area contributed by atoms with Crippen molar-refractivity contribution in [2.75, 3.05) is 18.8 Å². The number of benzene rings is 1. The Bertz CT molecular complexity index is 482. The first-order valence-corrected chi connectivity index (χ1v) is 8.21. The van der Waals surface area contributed by atoms with Crippen molar-refractivity contribution < 1.29 is 9.53 Å². The molecule has 0 saturated carbocycles. The number of hydrogen-bond donors (Lipinski definition) is 1. The van der Waals surface area contributed by atoms with Crippen molar-refractivity contribution in [2.45, 2.75) is 49.4 Å². The van der Waals surface area contributed by atoms with E-state index in [-0.39, 0.29) is 6.09 Å². The highest BCUT2D eigenvalue weighted by Gasteiger charge is 2.27. The Morgan fingerprint density at radius 3 is 2.62 bits per heavy atom. The highest BCUT2D eigenvalue weighted by Crippen LogP contribution is 2.30. The molecule has 0 radical (unpaired) electrons. The summed E-state index contributed by atoms with van der Waals surface area (Å²) in [6, 6.07) is 7.90. The summed E-state index contributed by atoms with van der Waals surface area (Å²) < 4.78 is 5.45. The molecular formula is C16H24N2O2S. The highest BCUT2D eigenvalue weighted by atomic mass is 32.2. The molecule has 0 bridgehead atoms. The summed E-state index contributed by atoms with van der Waals surface area (Å²) >= 11 is 1.81. The molecule has 1 heterocycles. The van der Waals surface area contributed by atoms with E-state index >= 15 is 0 Å². The monoisotopic (exact) mass is 308 g/mol. The number of carbonyl (C=O) groups is 1. The van der Waals surface area contributed by atoms with Gasteiger partial charge in [-0.25, -0.2) is 4.79 Å². The van der Waals surface area contributed by atoms with E-state index in [0.29, 0.717) is 5.25 Å². The predicted molar refractivity (Wildman–Crippen MR) is 87.5 cm³/mol. The molecule has 1 aromatic carbocycles. The summed E-state index contributed by atoms with van der Waals surface area (Å²) in [6.45, 7) is 7.22. The Morgan fingerprint density at radius 1 is 1.33 bits per heavy atom. The fourth-order valence-corrected chi connectivity index (χ4v) is 3.48. The van der Waals surface area contributed by atoms with E-state index in [1.54, 1.807) is 0 Å². The van der Waals surface area contributed by atoms with Gasteiger partial charge in [0.05, 0.1) is 0 Å². The zero-order valence-corrected chi connectivity index (χ0v) is 13.8. The average Bonchev–Trinajstić information content (AvgIpc) is 2.40. The second kappa shape index (κ2) is 6.60. The van der Waals surface area contributed by atoms with Crippen LogP contribution in [0, 0.1) is 0 Å². The van der Waals surface area contributed by atoms with Crippen LogP contribution in [0.25, 0.3) is 0 Å². The first kappa shape index (κ1) is 16.0. The minimum Gasteiger partial charge on any atom is -0.444 e. The van der Waals surface area contributed by atoms with Crippen LogP contribution in [0.5, 0.6) is 0 Å². The second-order valence-corrected chi connectivity index (χ2v) is 7.75. The van der Waals surface area contributed by atoms with Crippen LogP contribution in [0.2, 0.25) is 0 Å². The number of anilines is 1. The van der Waals surface area contributed by atoms with E-state index in [1.807, 2.05) is 61.7 Å². The van der Waals surface area contributed by atoms with E-state index in [0.717, 1.165) is 31.6 Å². The van der Waals surface area contributed by atoms with Gasteiger partial charge in [0.1, 0.15) is 5.60 Å². The van der Waals surface area contributed by atoms with Gasteiger partial charge < -0.3 is 15.4 Å². The van der Waals surface area contributed by atoms with Crippen LogP contribution in [-0.4, -0.2) is 34.9 Å². The molecule has 1 fully saturated rings. The molecule has 1 aliphatic rings. The number of amides is 1. The number of ether oxygens (including phenoxy) is 1. The van der Waals surface area contributed by atoms with Crippen LogP contribution in [0.1, 0.15) is 33.6 Å². The summed E-state index contributed by atoms with van der Waals surface area (Å²) in [5.74, 6) is 0. The third-order valence-corrected chi connectivity index (χ3v) is 4.48. The maximum Gasteiger partial charge on any atom is 0.410 e. The molecule has 1 atom stereocenters. The lowest BCUT2D eigenvalue weighted by molar-refractivity contribution is 0.0220. The van der Waals surface area contributed by atoms with Gasteiger partial charge in [0.2, 0.25) is 0 Å². The third kappa shape index (κ3) is 5.16. The molecule has 1 aliphatic heterocycles. The Morgan fingerprint density at radius 2 is 2.00 bits per heavy atom. The molecule has 21 heavy (non-hydrogen) atoms. The normalized spacial score (nSPS) is 19.4. The smallest absolute Gasteiger partial charge is 0.410 e. The summed E-state index contributed by atoms with van der Waals surface area (Å²) in [4.78, 5) is 15.2. The van der Waals surface area contributed by atoms with E-state index < -0.39 is 5.60 Å². The zero-order valence-electron chi connectivity index (χ0n) is 13.0. The average molecular weight is 308 g/mol. The molecule has 5 heteroatoms. The SMILES string of the molecule is CC(C)(C)OC(=O)N1CCC[C@@H](Sc2ccc(N)cc2)C1. The summed E-state index contributed by atoms with van der Waals surface area (Å²) in [5, 5.41) is 0.412. The third-order valence-electron chi connectivity index (χ3n) is 3.21. The van der Waals surface area contributed by atoms with Crippen molar-refractivity contribution in [3.05, 3.63) is 24.3 Å². The molecule has 0 unspecified atom stereocenters. The van der Waals surface area contributed by atoms with Crippen molar-refractivity contribution in [1.82, 2.24) is 4.90 Å². The van der Waals surface area contributed by atoms with Crippen molar-refractivity contribution in [3.63, 3.8) is 0 Å². The fraction of sp³-hybridized carbons (Fsp3) is 0.562. The van der Waals surface area contributed by atoms with Crippen molar-refractivity contribution >= 4 is 23.5 Å². The molecule has 1 aromatic rings. The maximum atomic E-state index is 12.1. The number of thioether (sulfide) groups is 1. The van der Waals surface area contributed by atoms with Crippen LogP contribution < -0.4 is 5.73 Å². The highest BCUT2D eigenvalue weighted by molar-refractivity contribution is 8.00. The number of rotatable bonds is 2. The standard InChI is InChI=1S/C16H24N2O2S/c1-16(2,3)20-15(19)18-10-4-5-14(11-18)21-13-8-6-12(17)7-9-13/h6-9,14H,4-5,10-11,17H2,1-3H3/t14-/m1/s1. The van der Waals surface area contributed by atoms with Gasteiger partial charge in [-0.15, -0.1) is 11.8 Å². The number of likely N-dealkylation sites (tertiary alicyclic amines) is 1. The van der Waals surface area contributed by atoms with Gasteiger partial charge in [-0.3, -0.25) is 0 Å². The van der Waals surface area contributed by atoms with Gasteiger partial charge >= 0.3 is 6.09 Å². The van der Waals surface area contributed by atoms with E-state index in [1.165, 1.54) is 4.90 Å². The number of nitrogens with zero attached hydrogens (tertiary/aromatic N) is 1. The molecule has 2 N–H and O–H groups in total. The number of nitrogens with two attached hydrogens (primary N) is 1. The zero-order chi connectivity index (χ0) is 15.5. The molecule has 1 amide bonds. The first-order valence-electron chi connectivity index (χ1n) is 7.33. The molecule has 0 aliphatic carbocycles. The van der Waals surface area contributed by atoms with Crippen LogP contribution in [0.4, 0.5) is 10.5 Å². The maximum absolute atomic E-state index is 12.1. The van der Waals surface area contributed by atoms with Gasteiger partial charge in [0.25, 0.3) is 0 Å². The Labute approximate surface area is 131 Å². The lowest BCUT2D eigenvalue weighted by Gasteiger charge is -2.33. The van der Waals surface area contributed by atoms with Gasteiger partial charge in [-0.05, 0) is 57.9 Å². The number of nitrogen functional groups attached to an aromatic ring is 1. The van der Waals surface area contributed by atoms with Gasteiger partial charge in [0.15, 0.2) is 0 Å². The Hall–Kier alpha value is -1.36. The topological polar surface area (TPSA) is 55.6 Å². The lowest BCUT2D eigenvalue weighted by Crippen LogP contribution is -2.43. The molecule has 2 rings (SSSR count). The van der Waals surface area contributed by atoms with Gasteiger partial charge in [-0.2, -0.15) is 0 Å². The summed E-state index contributed by atoms with van der Waals surface area (Å²) in [6.07, 6.45) is 1.94. The van der Waals surface area contributed by atoms with Gasteiger partial charge in [0, 0.05) is 28.9 Å². The van der Waals surface area contributed by atoms with Gasteiger partial charge in [-0.1, -0.05) is 0 Å². The molecule has 4 nitrogen and oxygen atoms in total. The number of hydrogen-bond acceptors (Lipinski definition) is 4. The molecule has 1 saturated heterocycles. The summed E-state index contributed by atoms with van der Waals surface area (Å²) in [5.41, 5.74) is 6.04. The molecular weight excluding hydrogens is 284 g/mol. The quantitative estimate of drug-likeness (QED) is 0.845. The Kier molecular flexibility index (Phi) is 5.04. The van der Waals surface area contributed by atoms with E-state index in [2.05, 4.69) is 0 Å². The van der Waals surface area contributed by atoms with Crippen molar-refractivity contribution in [2.24, 2.45) is 0 Å². The second-order valence-electron chi connectivity index (χ2n) is 6.38. The fourth-order valence-electron chi connectivity index (χ4n) is 2.27. The van der Waals surface area contributed by atoms with E-state index in [4.69, 9.17) is 10.5 Å². The predicted octanol–water partition coefficient (Wildman–Crippen LogP) is 3.76. The van der Waals surface area contributed by atoms with Crippen LogP contribution in [0.3, 0.4) is 0 Å². The largest absolute Gasteiger partial charge is 0.444 e. The van der Waals surface area contributed by atoms with E-state index in [9.17, 15) is 4.79 Å². The molecule has 0 spiro atoms. The first-order chi connectivity index (χ1) is 9.83. The molecule has 0 aromatic heterocycles. The van der Waals surface area contributed by atoms with Crippen LogP contribution in [-0.2, 0) is 4.74 Å². The molecule has 116 valence electrons. The number of piperidine rings is 1. The van der Waals surface area contributed by atoms with Crippen LogP contribution in [0.15, 0.2) is 29.2 Å².